The molecule has 24 heavy (non-hydrogen) atoms. The number of hydrogen-bond acceptors (Lipinski definition) is 3. The minimum atomic E-state index is -0.407. The van der Waals surface area contributed by atoms with Gasteiger partial charge in [-0.3, -0.25) is 10.1 Å². The van der Waals surface area contributed by atoms with Crippen LogP contribution >= 0.6 is 11.3 Å². The summed E-state index contributed by atoms with van der Waals surface area (Å²) in [6.45, 7) is 0. The maximum absolute atomic E-state index is 10.7. The lowest BCUT2D eigenvalue weighted by Crippen LogP contribution is -1.80. The van der Waals surface area contributed by atoms with Gasteiger partial charge in [-0.25, -0.2) is 0 Å². The van der Waals surface area contributed by atoms with Crippen molar-refractivity contribution in [3.8, 4) is 35.3 Å². The third kappa shape index (κ3) is 3.52. The molecule has 0 saturated heterocycles. The van der Waals surface area contributed by atoms with Crippen molar-refractivity contribution in [1.82, 2.24) is 0 Å². The Morgan fingerprint density at radius 1 is 0.833 bits per heavy atom. The number of terminal acetylenes is 1. The Bertz CT molecular complexity index is 981. The van der Waals surface area contributed by atoms with Crippen LogP contribution in [0.25, 0.3) is 11.1 Å². The summed E-state index contributed by atoms with van der Waals surface area (Å²) in [4.78, 5) is 10.9. The van der Waals surface area contributed by atoms with Crippen molar-refractivity contribution in [2.75, 3.05) is 0 Å². The Labute approximate surface area is 143 Å². The Hall–Kier alpha value is -3.34. The van der Waals surface area contributed by atoms with Gasteiger partial charge in [0.1, 0.15) is 0 Å². The third-order valence-electron chi connectivity index (χ3n) is 3.37. The molecule has 1 aromatic heterocycles. The summed E-state index contributed by atoms with van der Waals surface area (Å²) in [7, 11) is 0. The second-order valence-electron chi connectivity index (χ2n) is 4.94. The molecule has 0 bridgehead atoms. The fourth-order valence-corrected chi connectivity index (χ4v) is 2.81. The number of rotatable bonds is 2. The Morgan fingerprint density at radius 3 is 1.92 bits per heavy atom. The van der Waals surface area contributed by atoms with E-state index < -0.39 is 4.92 Å². The average molecular weight is 329 g/mol. The summed E-state index contributed by atoms with van der Waals surface area (Å²) in [5.41, 5.74) is 3.87. The van der Waals surface area contributed by atoms with E-state index in [1.54, 1.807) is 6.07 Å². The fourth-order valence-electron chi connectivity index (χ4n) is 2.13. The highest BCUT2D eigenvalue weighted by Crippen LogP contribution is 2.23. The number of benzene rings is 2. The minimum Gasteiger partial charge on any atom is -0.258 e. The highest BCUT2D eigenvalue weighted by atomic mass is 32.1. The normalized spacial score (nSPS) is 9.62. The molecule has 3 rings (SSSR count). The SMILES string of the molecule is C#Cc1ccc(-c2ccc(C#Cc3ccc([N+](=O)[O-])s3)cc2)cc1. The number of hydrogen-bond donors (Lipinski definition) is 0. The largest absolute Gasteiger partial charge is 0.325 e. The van der Waals surface area contributed by atoms with E-state index in [0.29, 0.717) is 4.88 Å². The zero-order valence-electron chi connectivity index (χ0n) is 12.5. The molecule has 0 N–H and O–H groups in total. The fraction of sp³-hybridized carbons (Fsp3) is 0. The lowest BCUT2D eigenvalue weighted by atomic mass is 10.0. The van der Waals surface area contributed by atoms with Gasteiger partial charge in [0.2, 0.25) is 0 Å². The molecule has 0 amide bonds. The van der Waals surface area contributed by atoms with E-state index in [2.05, 4.69) is 17.8 Å². The van der Waals surface area contributed by atoms with Crippen LogP contribution in [-0.2, 0) is 0 Å². The predicted molar refractivity (Wildman–Crippen MR) is 96.8 cm³/mol. The van der Waals surface area contributed by atoms with Gasteiger partial charge in [-0.05, 0) is 41.5 Å². The van der Waals surface area contributed by atoms with Gasteiger partial charge in [0.25, 0.3) is 0 Å². The zero-order valence-corrected chi connectivity index (χ0v) is 13.3. The van der Waals surface area contributed by atoms with Crippen molar-refractivity contribution < 1.29 is 4.92 Å². The molecule has 3 aromatic rings. The summed E-state index contributed by atoms with van der Waals surface area (Å²) in [5.74, 6) is 8.57. The molecule has 0 radical (unpaired) electrons. The lowest BCUT2D eigenvalue weighted by Gasteiger charge is -2.02. The summed E-state index contributed by atoms with van der Waals surface area (Å²) >= 11 is 1.07. The van der Waals surface area contributed by atoms with Crippen LogP contribution in [0.3, 0.4) is 0 Å². The van der Waals surface area contributed by atoms with Crippen molar-refractivity contribution in [1.29, 1.82) is 0 Å². The van der Waals surface area contributed by atoms with E-state index in [1.807, 2.05) is 48.5 Å². The lowest BCUT2D eigenvalue weighted by molar-refractivity contribution is -0.380. The number of nitro groups is 1. The summed E-state index contributed by atoms with van der Waals surface area (Å²) in [6, 6.07) is 18.8. The molecule has 0 aliphatic heterocycles. The van der Waals surface area contributed by atoms with E-state index in [4.69, 9.17) is 6.42 Å². The Kier molecular flexibility index (Phi) is 4.43. The Morgan fingerprint density at radius 2 is 1.42 bits per heavy atom. The van der Waals surface area contributed by atoms with Crippen molar-refractivity contribution >= 4 is 16.3 Å². The maximum atomic E-state index is 10.7. The molecular formula is C20H11NO2S. The summed E-state index contributed by atoms with van der Waals surface area (Å²) < 4.78 is 0. The van der Waals surface area contributed by atoms with E-state index in [9.17, 15) is 10.1 Å². The molecule has 0 fully saturated rings. The average Bonchev–Trinajstić information content (AvgIpc) is 3.10. The summed E-state index contributed by atoms with van der Waals surface area (Å²) in [5, 5.41) is 10.8. The van der Waals surface area contributed by atoms with Gasteiger partial charge < -0.3 is 0 Å². The van der Waals surface area contributed by atoms with Gasteiger partial charge in [0.05, 0.1) is 9.80 Å². The molecular weight excluding hydrogens is 318 g/mol. The van der Waals surface area contributed by atoms with E-state index in [-0.39, 0.29) is 5.00 Å². The third-order valence-corrected chi connectivity index (χ3v) is 4.32. The molecule has 0 saturated carbocycles. The molecule has 2 aromatic carbocycles. The van der Waals surface area contributed by atoms with Gasteiger partial charge in [-0.1, -0.05) is 53.4 Å². The van der Waals surface area contributed by atoms with Crippen LogP contribution < -0.4 is 0 Å². The van der Waals surface area contributed by atoms with Crippen molar-refractivity contribution in [3.05, 3.63) is 86.8 Å². The Balaban J connectivity index is 1.78. The standard InChI is InChI=1S/C20H11NO2S/c1-2-15-3-8-17(9-4-15)18-10-5-16(6-11-18)7-12-19-13-14-20(24-19)21(22)23/h1,3-6,8-11,13-14H. The smallest absolute Gasteiger partial charge is 0.258 e. The van der Waals surface area contributed by atoms with Crippen LogP contribution in [0.2, 0.25) is 0 Å². The monoisotopic (exact) mass is 329 g/mol. The molecule has 1 heterocycles. The van der Waals surface area contributed by atoms with Crippen LogP contribution in [0, 0.1) is 34.3 Å². The molecule has 0 aliphatic rings. The first-order valence-electron chi connectivity index (χ1n) is 7.09. The van der Waals surface area contributed by atoms with Crippen LogP contribution in [0.4, 0.5) is 5.00 Å². The van der Waals surface area contributed by atoms with Gasteiger partial charge in [-0.2, -0.15) is 0 Å². The minimum absolute atomic E-state index is 0.102. The highest BCUT2D eigenvalue weighted by molar-refractivity contribution is 7.15. The van der Waals surface area contributed by atoms with Gasteiger partial charge in [-0.15, -0.1) is 6.42 Å². The van der Waals surface area contributed by atoms with E-state index in [0.717, 1.165) is 33.6 Å². The molecule has 4 heteroatoms. The molecule has 0 unspecified atom stereocenters. The first-order chi connectivity index (χ1) is 11.7. The quantitative estimate of drug-likeness (QED) is 0.388. The summed E-state index contributed by atoms with van der Waals surface area (Å²) in [6.07, 6.45) is 5.36. The molecule has 0 spiro atoms. The first kappa shape index (κ1) is 15.6. The molecule has 0 atom stereocenters. The van der Waals surface area contributed by atoms with Gasteiger partial charge >= 0.3 is 5.00 Å². The molecule has 114 valence electrons. The van der Waals surface area contributed by atoms with Crippen molar-refractivity contribution in [2.45, 2.75) is 0 Å². The van der Waals surface area contributed by atoms with E-state index >= 15 is 0 Å². The predicted octanol–water partition coefficient (Wildman–Crippen LogP) is 4.70. The first-order valence-corrected chi connectivity index (χ1v) is 7.91. The highest BCUT2D eigenvalue weighted by Gasteiger charge is 2.07. The number of thiophene rings is 1. The van der Waals surface area contributed by atoms with Crippen LogP contribution in [0.1, 0.15) is 16.0 Å². The van der Waals surface area contributed by atoms with Gasteiger partial charge in [0.15, 0.2) is 0 Å². The molecule has 0 aliphatic carbocycles. The van der Waals surface area contributed by atoms with Crippen molar-refractivity contribution in [3.63, 3.8) is 0 Å². The van der Waals surface area contributed by atoms with Crippen LogP contribution in [0.5, 0.6) is 0 Å². The van der Waals surface area contributed by atoms with Crippen molar-refractivity contribution in [2.24, 2.45) is 0 Å². The van der Waals surface area contributed by atoms with E-state index in [1.165, 1.54) is 6.07 Å². The second kappa shape index (κ2) is 6.83. The molecule has 3 nitrogen and oxygen atoms in total. The topological polar surface area (TPSA) is 43.1 Å². The number of nitrogens with zero attached hydrogens (tertiary/aromatic N) is 1. The maximum Gasteiger partial charge on any atom is 0.325 e. The van der Waals surface area contributed by atoms with Crippen LogP contribution in [-0.4, -0.2) is 4.92 Å². The van der Waals surface area contributed by atoms with Crippen LogP contribution in [0.15, 0.2) is 60.7 Å². The van der Waals surface area contributed by atoms with Gasteiger partial charge in [0, 0.05) is 17.2 Å². The second-order valence-corrected chi connectivity index (χ2v) is 6.01. The zero-order chi connectivity index (χ0) is 16.9.